The third-order valence-electron chi connectivity index (χ3n) is 9.37. The number of fused-ring (bicyclic) bond motifs is 7. The van der Waals surface area contributed by atoms with Crippen LogP contribution in [-0.4, -0.2) is 11.7 Å². The fourth-order valence-corrected chi connectivity index (χ4v) is 8.34. The second-order valence-corrected chi connectivity index (χ2v) is 13.2. The van der Waals surface area contributed by atoms with E-state index in [0.29, 0.717) is 0 Å². The number of benzene rings is 7. The number of furan rings is 1. The van der Waals surface area contributed by atoms with E-state index in [-0.39, 0.29) is 6.17 Å². The molecule has 7 aromatic carbocycles. The lowest BCUT2D eigenvalue weighted by atomic mass is 9.92. The minimum absolute atomic E-state index is 0.293. The summed E-state index contributed by atoms with van der Waals surface area (Å²) in [6.45, 7) is 0. The highest BCUT2D eigenvalue weighted by atomic mass is 32.1. The minimum atomic E-state index is -0.293. The summed E-state index contributed by atoms with van der Waals surface area (Å²) in [7, 11) is 0. The van der Waals surface area contributed by atoms with Gasteiger partial charge >= 0.3 is 0 Å². The van der Waals surface area contributed by atoms with E-state index in [2.05, 4.69) is 139 Å². The molecular formula is C43H27N3OS. The molecule has 1 aliphatic heterocycles. The standard InChI is InChI=1S/C43H27N3OS/c1-2-12-26(13-3-1)41-44-42(46-43(45-41)34-19-11-23-38-40(34)33-17-7-9-22-37(33)48-38)31-25-24-29(27-14-4-5-15-28(27)31)30-18-10-21-36-39(30)32-16-6-8-20-35(32)47-36/h1-25,41H,(H,44,45,46). The van der Waals surface area contributed by atoms with Crippen LogP contribution in [0.4, 0.5) is 0 Å². The van der Waals surface area contributed by atoms with Crippen molar-refractivity contribution < 1.29 is 4.42 Å². The highest BCUT2D eigenvalue weighted by molar-refractivity contribution is 7.25. The Morgan fingerprint density at radius 1 is 0.479 bits per heavy atom. The monoisotopic (exact) mass is 633 g/mol. The number of aliphatic imine (C=N–C) groups is 2. The van der Waals surface area contributed by atoms with Gasteiger partial charge in [-0.3, -0.25) is 0 Å². The summed E-state index contributed by atoms with van der Waals surface area (Å²) < 4.78 is 8.76. The molecule has 2 aromatic heterocycles. The van der Waals surface area contributed by atoms with E-state index in [9.17, 15) is 0 Å². The van der Waals surface area contributed by atoms with Crippen molar-refractivity contribution in [2.24, 2.45) is 9.98 Å². The van der Waals surface area contributed by atoms with E-state index in [4.69, 9.17) is 14.4 Å². The van der Waals surface area contributed by atoms with Gasteiger partial charge in [-0.25, -0.2) is 9.98 Å². The van der Waals surface area contributed by atoms with Crippen molar-refractivity contribution in [2.45, 2.75) is 6.17 Å². The Labute approximate surface area is 280 Å². The number of hydrogen-bond acceptors (Lipinski definition) is 5. The van der Waals surface area contributed by atoms with Crippen LogP contribution in [0.25, 0.3) is 64.0 Å². The third-order valence-corrected chi connectivity index (χ3v) is 10.5. The van der Waals surface area contributed by atoms with Crippen molar-refractivity contribution in [3.8, 4) is 11.1 Å². The number of para-hydroxylation sites is 1. The molecule has 226 valence electrons. The molecule has 0 radical (unpaired) electrons. The molecule has 9 aromatic rings. The fraction of sp³-hybridized carbons (Fsp3) is 0.0233. The second-order valence-electron chi connectivity index (χ2n) is 12.1. The molecule has 0 spiro atoms. The number of rotatable bonds is 4. The van der Waals surface area contributed by atoms with E-state index in [0.717, 1.165) is 72.2 Å². The summed E-state index contributed by atoms with van der Waals surface area (Å²) in [5.74, 6) is 1.54. The lowest BCUT2D eigenvalue weighted by Gasteiger charge is -2.25. The van der Waals surface area contributed by atoms with Crippen LogP contribution in [0.1, 0.15) is 22.9 Å². The Morgan fingerprint density at radius 3 is 2.00 bits per heavy atom. The maximum atomic E-state index is 6.26. The van der Waals surface area contributed by atoms with Gasteiger partial charge in [-0.1, -0.05) is 127 Å². The number of hydrogen-bond donors (Lipinski definition) is 1. The predicted octanol–water partition coefficient (Wildman–Crippen LogP) is 11.3. The Hall–Kier alpha value is -6.04. The molecule has 3 heterocycles. The van der Waals surface area contributed by atoms with Gasteiger partial charge < -0.3 is 9.73 Å². The van der Waals surface area contributed by atoms with Crippen LogP contribution in [0.3, 0.4) is 0 Å². The first-order chi connectivity index (χ1) is 23.8. The molecule has 0 saturated carbocycles. The third kappa shape index (κ3) is 4.21. The lowest BCUT2D eigenvalue weighted by molar-refractivity contribution is 0.669. The van der Waals surface area contributed by atoms with Gasteiger partial charge in [0.2, 0.25) is 0 Å². The normalized spacial score (nSPS) is 14.9. The first kappa shape index (κ1) is 27.1. The first-order valence-corrected chi connectivity index (χ1v) is 16.9. The van der Waals surface area contributed by atoms with Crippen molar-refractivity contribution in [1.82, 2.24) is 5.32 Å². The summed E-state index contributed by atoms with van der Waals surface area (Å²) in [4.78, 5) is 10.6. The van der Waals surface area contributed by atoms with E-state index in [1.807, 2.05) is 29.5 Å². The molecule has 0 fully saturated rings. The molecule has 10 rings (SSSR count). The van der Waals surface area contributed by atoms with Crippen molar-refractivity contribution in [2.75, 3.05) is 0 Å². The second kappa shape index (κ2) is 10.8. The highest BCUT2D eigenvalue weighted by Crippen LogP contribution is 2.41. The van der Waals surface area contributed by atoms with Crippen LogP contribution in [0, 0.1) is 0 Å². The van der Waals surface area contributed by atoms with Gasteiger partial charge in [0, 0.05) is 42.1 Å². The van der Waals surface area contributed by atoms with Crippen molar-refractivity contribution >= 4 is 75.9 Å². The Balaban J connectivity index is 1.19. The van der Waals surface area contributed by atoms with Gasteiger partial charge in [-0.2, -0.15) is 0 Å². The first-order valence-electron chi connectivity index (χ1n) is 16.1. The maximum Gasteiger partial charge on any atom is 0.160 e. The summed E-state index contributed by atoms with van der Waals surface area (Å²) in [6, 6.07) is 53.2. The van der Waals surface area contributed by atoms with E-state index >= 15 is 0 Å². The topological polar surface area (TPSA) is 49.9 Å². The SMILES string of the molecule is c1ccc(C2N=C(c3cccc4sc5ccccc5c34)N=C(c3ccc(-c4cccc5oc6ccccc6c45)c4ccccc34)N2)cc1. The Kier molecular flexibility index (Phi) is 6.08. The number of nitrogens with one attached hydrogen (secondary N) is 1. The van der Waals surface area contributed by atoms with Crippen LogP contribution in [0.2, 0.25) is 0 Å². The van der Waals surface area contributed by atoms with Gasteiger partial charge in [0.1, 0.15) is 23.2 Å². The molecular weight excluding hydrogens is 607 g/mol. The van der Waals surface area contributed by atoms with Gasteiger partial charge in [0.15, 0.2) is 5.84 Å². The molecule has 1 unspecified atom stereocenters. The van der Waals surface area contributed by atoms with Crippen LogP contribution in [0.5, 0.6) is 0 Å². The summed E-state index contributed by atoms with van der Waals surface area (Å²) >= 11 is 1.81. The zero-order valence-electron chi connectivity index (χ0n) is 25.7. The van der Waals surface area contributed by atoms with Crippen molar-refractivity contribution in [3.05, 3.63) is 168 Å². The van der Waals surface area contributed by atoms with E-state index in [1.165, 1.54) is 20.2 Å². The highest BCUT2D eigenvalue weighted by Gasteiger charge is 2.25. The van der Waals surface area contributed by atoms with Crippen LogP contribution < -0.4 is 5.32 Å². The zero-order chi connectivity index (χ0) is 31.6. The van der Waals surface area contributed by atoms with Gasteiger partial charge in [0.25, 0.3) is 0 Å². The average molecular weight is 634 g/mol. The predicted molar refractivity (Wildman–Crippen MR) is 201 cm³/mol. The van der Waals surface area contributed by atoms with Gasteiger partial charge in [-0.05, 0) is 51.7 Å². The molecule has 5 heteroatoms. The van der Waals surface area contributed by atoms with E-state index in [1.54, 1.807) is 0 Å². The Morgan fingerprint density at radius 2 is 1.12 bits per heavy atom. The quantitative estimate of drug-likeness (QED) is 0.210. The molecule has 1 atom stereocenters. The summed E-state index contributed by atoms with van der Waals surface area (Å²) in [5, 5.41) is 10.7. The van der Waals surface area contributed by atoms with Crippen LogP contribution >= 0.6 is 11.3 Å². The molecule has 1 N–H and O–H groups in total. The molecule has 0 amide bonds. The Bertz CT molecular complexity index is 2770. The van der Waals surface area contributed by atoms with Crippen molar-refractivity contribution in [3.63, 3.8) is 0 Å². The van der Waals surface area contributed by atoms with Gasteiger partial charge in [-0.15, -0.1) is 11.3 Å². The van der Waals surface area contributed by atoms with Crippen LogP contribution in [-0.2, 0) is 0 Å². The summed E-state index contributed by atoms with van der Waals surface area (Å²) in [5.41, 5.74) is 7.27. The lowest BCUT2D eigenvalue weighted by Crippen LogP contribution is -2.33. The number of thiophene rings is 1. The minimum Gasteiger partial charge on any atom is -0.456 e. The van der Waals surface area contributed by atoms with E-state index < -0.39 is 0 Å². The molecule has 1 aliphatic rings. The molecule has 0 aliphatic carbocycles. The molecule has 48 heavy (non-hydrogen) atoms. The average Bonchev–Trinajstić information content (AvgIpc) is 3.73. The fourth-order valence-electron chi connectivity index (χ4n) is 7.21. The molecule has 4 nitrogen and oxygen atoms in total. The summed E-state index contributed by atoms with van der Waals surface area (Å²) in [6.07, 6.45) is -0.293. The number of nitrogens with zero attached hydrogens (tertiary/aromatic N) is 2. The molecule has 0 bridgehead atoms. The smallest absolute Gasteiger partial charge is 0.160 e. The molecule has 0 saturated heterocycles. The maximum absolute atomic E-state index is 6.26. The zero-order valence-corrected chi connectivity index (χ0v) is 26.5. The van der Waals surface area contributed by atoms with Crippen molar-refractivity contribution in [1.29, 1.82) is 0 Å². The number of amidine groups is 2. The van der Waals surface area contributed by atoms with Crippen LogP contribution in [0.15, 0.2) is 166 Å². The largest absolute Gasteiger partial charge is 0.456 e. The van der Waals surface area contributed by atoms with Gasteiger partial charge in [0.05, 0.1) is 0 Å².